The molecule has 148 valence electrons. The van der Waals surface area contributed by atoms with Crippen LogP contribution in [0.4, 0.5) is 10.5 Å². The van der Waals surface area contributed by atoms with Gasteiger partial charge < -0.3 is 19.4 Å². The predicted molar refractivity (Wildman–Crippen MR) is 104 cm³/mol. The van der Waals surface area contributed by atoms with Gasteiger partial charge in [0, 0.05) is 24.2 Å². The number of nitrogens with zero attached hydrogens (tertiary/aromatic N) is 1. The van der Waals surface area contributed by atoms with Gasteiger partial charge in [0.15, 0.2) is 6.29 Å². The lowest BCUT2D eigenvalue weighted by Gasteiger charge is -2.39. The minimum absolute atomic E-state index is 0.0639. The molecule has 1 aliphatic rings. The van der Waals surface area contributed by atoms with E-state index in [9.17, 15) is 14.4 Å². The molecule has 0 unspecified atom stereocenters. The summed E-state index contributed by atoms with van der Waals surface area (Å²) in [7, 11) is 0. The largest absolute Gasteiger partial charge is 0.464 e. The molecule has 7 nitrogen and oxygen atoms in total. The highest BCUT2D eigenvalue weighted by Gasteiger charge is 2.34. The van der Waals surface area contributed by atoms with E-state index in [0.717, 1.165) is 23.1 Å². The van der Waals surface area contributed by atoms with Crippen LogP contribution in [0.25, 0.3) is 11.3 Å². The SMILES string of the molecule is CC(=O)N1c2ccc(-c3cc(C=O)co3)cc2[C@H](NC(=O)OC(C)C)C[C@@H]1C. The van der Waals surface area contributed by atoms with Crippen LogP contribution in [0, 0.1) is 0 Å². The molecule has 0 saturated heterocycles. The van der Waals surface area contributed by atoms with Gasteiger partial charge in [-0.25, -0.2) is 4.79 Å². The van der Waals surface area contributed by atoms with Crippen LogP contribution >= 0.6 is 0 Å². The number of carbonyl (C=O) groups is 3. The first-order chi connectivity index (χ1) is 13.3. The smallest absolute Gasteiger partial charge is 0.407 e. The van der Waals surface area contributed by atoms with Crippen LogP contribution in [-0.4, -0.2) is 30.4 Å². The number of rotatable bonds is 4. The molecule has 3 rings (SSSR count). The van der Waals surface area contributed by atoms with Gasteiger partial charge in [-0.3, -0.25) is 9.59 Å². The molecule has 0 fully saturated rings. The Bertz CT molecular complexity index is 902. The number of benzene rings is 1. The average Bonchev–Trinajstić information content (AvgIpc) is 3.09. The molecule has 0 spiro atoms. The van der Waals surface area contributed by atoms with Gasteiger partial charge in [-0.05, 0) is 57.0 Å². The summed E-state index contributed by atoms with van der Waals surface area (Å²) < 4.78 is 10.7. The van der Waals surface area contributed by atoms with Crippen LogP contribution in [0.15, 0.2) is 34.9 Å². The van der Waals surface area contributed by atoms with E-state index in [1.165, 1.54) is 13.2 Å². The summed E-state index contributed by atoms with van der Waals surface area (Å²) in [5.74, 6) is 0.479. The number of amides is 2. The molecule has 1 aromatic carbocycles. The van der Waals surface area contributed by atoms with E-state index in [-0.39, 0.29) is 24.1 Å². The maximum Gasteiger partial charge on any atom is 0.407 e. The third-order valence-electron chi connectivity index (χ3n) is 4.69. The number of anilines is 1. The van der Waals surface area contributed by atoms with Crippen molar-refractivity contribution >= 4 is 24.0 Å². The highest BCUT2D eigenvalue weighted by molar-refractivity contribution is 5.94. The van der Waals surface area contributed by atoms with Crippen molar-refractivity contribution in [1.82, 2.24) is 5.32 Å². The summed E-state index contributed by atoms with van der Waals surface area (Å²) in [6.45, 7) is 7.05. The van der Waals surface area contributed by atoms with Crippen molar-refractivity contribution in [3.63, 3.8) is 0 Å². The van der Waals surface area contributed by atoms with Gasteiger partial charge in [0.05, 0.1) is 17.7 Å². The van der Waals surface area contributed by atoms with Crippen molar-refractivity contribution in [1.29, 1.82) is 0 Å². The second-order valence-electron chi connectivity index (χ2n) is 7.26. The minimum atomic E-state index is -0.499. The van der Waals surface area contributed by atoms with Gasteiger partial charge in [0.1, 0.15) is 12.0 Å². The van der Waals surface area contributed by atoms with Crippen molar-refractivity contribution < 1.29 is 23.5 Å². The van der Waals surface area contributed by atoms with Gasteiger partial charge in [0.25, 0.3) is 0 Å². The first-order valence-electron chi connectivity index (χ1n) is 9.25. The third kappa shape index (κ3) is 3.93. The van der Waals surface area contributed by atoms with E-state index in [1.807, 2.05) is 25.1 Å². The Labute approximate surface area is 163 Å². The molecule has 0 radical (unpaired) electrons. The number of furan rings is 1. The van der Waals surface area contributed by atoms with Crippen LogP contribution in [0.1, 0.15) is 56.1 Å². The molecule has 28 heavy (non-hydrogen) atoms. The molecular formula is C21H24N2O5. The number of carbonyl (C=O) groups excluding carboxylic acids is 3. The van der Waals surface area contributed by atoms with E-state index in [2.05, 4.69) is 5.32 Å². The summed E-state index contributed by atoms with van der Waals surface area (Å²) in [4.78, 5) is 37.0. The fourth-order valence-corrected chi connectivity index (χ4v) is 3.59. The molecule has 2 amide bonds. The van der Waals surface area contributed by atoms with Gasteiger partial charge in [-0.15, -0.1) is 0 Å². The van der Waals surface area contributed by atoms with Crippen LogP contribution in [0.3, 0.4) is 0 Å². The summed E-state index contributed by atoms with van der Waals surface area (Å²) in [6.07, 6.45) is 1.94. The second kappa shape index (κ2) is 7.88. The first-order valence-corrected chi connectivity index (χ1v) is 9.25. The van der Waals surface area contributed by atoms with Crippen LogP contribution in [0.5, 0.6) is 0 Å². The fourth-order valence-electron chi connectivity index (χ4n) is 3.59. The Morgan fingerprint density at radius 1 is 1.32 bits per heavy atom. The molecular weight excluding hydrogens is 360 g/mol. The number of aldehydes is 1. The Morgan fingerprint density at radius 2 is 2.07 bits per heavy atom. The number of hydrogen-bond donors (Lipinski definition) is 1. The third-order valence-corrected chi connectivity index (χ3v) is 4.69. The molecule has 7 heteroatoms. The molecule has 0 bridgehead atoms. The highest BCUT2D eigenvalue weighted by atomic mass is 16.6. The summed E-state index contributed by atoms with van der Waals surface area (Å²) in [5, 5.41) is 2.91. The zero-order chi connectivity index (χ0) is 20.4. The average molecular weight is 384 g/mol. The van der Waals surface area contributed by atoms with E-state index in [1.54, 1.807) is 24.8 Å². The van der Waals surface area contributed by atoms with E-state index >= 15 is 0 Å². The Kier molecular flexibility index (Phi) is 5.53. The number of hydrogen-bond acceptors (Lipinski definition) is 5. The zero-order valence-corrected chi connectivity index (χ0v) is 16.4. The summed E-state index contributed by atoms with van der Waals surface area (Å²) in [6, 6.07) is 6.82. The monoisotopic (exact) mass is 384 g/mol. The maximum atomic E-state index is 12.2. The topological polar surface area (TPSA) is 88.9 Å². The molecule has 2 aromatic rings. The van der Waals surface area contributed by atoms with Gasteiger partial charge in [-0.1, -0.05) is 0 Å². The van der Waals surface area contributed by atoms with Gasteiger partial charge in [0.2, 0.25) is 5.91 Å². The normalized spacial score (nSPS) is 18.5. The van der Waals surface area contributed by atoms with Crippen LogP contribution in [0.2, 0.25) is 0 Å². The Morgan fingerprint density at radius 3 is 2.68 bits per heavy atom. The lowest BCUT2D eigenvalue weighted by atomic mass is 9.90. The second-order valence-corrected chi connectivity index (χ2v) is 7.26. The van der Waals surface area contributed by atoms with Gasteiger partial charge >= 0.3 is 6.09 Å². The number of nitrogens with one attached hydrogen (secondary N) is 1. The molecule has 0 saturated carbocycles. The van der Waals surface area contributed by atoms with Crippen molar-refractivity contribution in [2.75, 3.05) is 4.90 Å². The van der Waals surface area contributed by atoms with Crippen LogP contribution < -0.4 is 10.2 Å². The maximum absolute atomic E-state index is 12.2. The summed E-state index contributed by atoms with van der Waals surface area (Å²) >= 11 is 0. The zero-order valence-electron chi connectivity index (χ0n) is 16.4. The lowest BCUT2D eigenvalue weighted by Crippen LogP contribution is -2.45. The van der Waals surface area contributed by atoms with Crippen molar-refractivity contribution in [3.8, 4) is 11.3 Å². The number of fused-ring (bicyclic) bond motifs is 1. The molecule has 1 N–H and O–H groups in total. The summed E-state index contributed by atoms with van der Waals surface area (Å²) in [5.41, 5.74) is 2.75. The molecule has 0 aliphatic carbocycles. The van der Waals surface area contributed by atoms with E-state index < -0.39 is 6.09 Å². The molecule has 1 aromatic heterocycles. The van der Waals surface area contributed by atoms with E-state index in [0.29, 0.717) is 17.7 Å². The van der Waals surface area contributed by atoms with E-state index in [4.69, 9.17) is 9.15 Å². The highest BCUT2D eigenvalue weighted by Crippen LogP contribution is 2.39. The molecule has 2 heterocycles. The molecule has 1 aliphatic heterocycles. The van der Waals surface area contributed by atoms with Crippen molar-refractivity contribution in [3.05, 3.63) is 41.7 Å². The van der Waals surface area contributed by atoms with Crippen molar-refractivity contribution in [2.24, 2.45) is 0 Å². The Hall–Kier alpha value is -3.09. The number of ether oxygens (including phenoxy) is 1. The predicted octanol–water partition coefficient (Wildman–Crippen LogP) is 4.08. The van der Waals surface area contributed by atoms with Crippen molar-refractivity contribution in [2.45, 2.75) is 52.3 Å². The van der Waals surface area contributed by atoms with Gasteiger partial charge in [-0.2, -0.15) is 0 Å². The Balaban J connectivity index is 2.01. The lowest BCUT2D eigenvalue weighted by molar-refractivity contribution is -0.117. The quantitative estimate of drug-likeness (QED) is 0.803. The minimum Gasteiger partial charge on any atom is -0.464 e. The molecule has 2 atom stereocenters. The fraction of sp³-hybridized carbons (Fsp3) is 0.381. The first kappa shape index (κ1) is 19.7. The van der Waals surface area contributed by atoms with Crippen LogP contribution in [-0.2, 0) is 9.53 Å². The number of alkyl carbamates (subject to hydrolysis) is 1. The standard InChI is InChI=1S/C21H24N2O5/c1-12(2)28-21(26)22-18-7-13(3)23(14(4)25)19-6-5-16(9-17(18)19)20-8-15(10-24)11-27-20/h5-6,8-13,18H,7H2,1-4H3,(H,22,26)/t13-,18+/m0/s1.